The lowest BCUT2D eigenvalue weighted by atomic mass is 9.88. The van der Waals surface area contributed by atoms with Gasteiger partial charge in [-0.1, -0.05) is 18.5 Å². The first-order chi connectivity index (χ1) is 8.86. The highest BCUT2D eigenvalue weighted by Gasteiger charge is 2.39. The Kier molecular flexibility index (Phi) is 4.19. The maximum Gasteiger partial charge on any atom is 0.0634 e. The van der Waals surface area contributed by atoms with Crippen molar-refractivity contribution in [2.45, 2.75) is 51.7 Å². The lowest BCUT2D eigenvalue weighted by Gasteiger charge is -2.50. The number of nitrogens with one attached hydrogen (secondary N) is 1. The number of nitrogens with zero attached hydrogens (tertiary/aromatic N) is 2. The van der Waals surface area contributed by atoms with Crippen molar-refractivity contribution < 1.29 is 0 Å². The van der Waals surface area contributed by atoms with Crippen molar-refractivity contribution in [2.75, 3.05) is 13.1 Å². The second-order valence-electron chi connectivity index (χ2n) is 6.40. The Morgan fingerprint density at radius 1 is 1.42 bits per heavy atom. The van der Waals surface area contributed by atoms with E-state index in [9.17, 15) is 0 Å². The van der Waals surface area contributed by atoms with E-state index in [0.717, 1.165) is 36.6 Å². The van der Waals surface area contributed by atoms with Gasteiger partial charge in [-0.25, -0.2) is 0 Å². The van der Waals surface area contributed by atoms with E-state index in [2.05, 4.69) is 42.9 Å². The zero-order chi connectivity index (χ0) is 14.1. The zero-order valence-electron chi connectivity index (χ0n) is 12.3. The van der Waals surface area contributed by atoms with Crippen LogP contribution in [0, 0.1) is 0 Å². The van der Waals surface area contributed by atoms with Crippen LogP contribution in [-0.4, -0.2) is 34.1 Å². The first kappa shape index (κ1) is 14.8. The molecular weight excluding hydrogens is 258 g/mol. The highest BCUT2D eigenvalue weighted by atomic mass is 35.5. The molecule has 0 saturated carbocycles. The van der Waals surface area contributed by atoms with Crippen molar-refractivity contribution in [3.05, 3.63) is 29.0 Å². The van der Waals surface area contributed by atoms with Gasteiger partial charge in [-0.2, -0.15) is 0 Å². The minimum absolute atomic E-state index is 0.140. The molecule has 0 spiro atoms. The molecule has 1 aliphatic heterocycles. The van der Waals surface area contributed by atoms with Gasteiger partial charge in [0.15, 0.2) is 0 Å². The lowest BCUT2D eigenvalue weighted by molar-refractivity contribution is 0.0246. The Bertz CT molecular complexity index is 447. The Morgan fingerprint density at radius 3 is 2.79 bits per heavy atom. The second-order valence-corrected chi connectivity index (χ2v) is 6.81. The van der Waals surface area contributed by atoms with Gasteiger partial charge in [-0.05, 0) is 38.8 Å². The molecule has 2 heterocycles. The third kappa shape index (κ3) is 3.28. The van der Waals surface area contributed by atoms with E-state index in [0.29, 0.717) is 0 Å². The van der Waals surface area contributed by atoms with Gasteiger partial charge in [0.25, 0.3) is 0 Å². The van der Waals surface area contributed by atoms with E-state index in [1.165, 1.54) is 0 Å². The number of halogens is 1. The number of piperazine rings is 1. The average molecular weight is 282 g/mol. The molecule has 1 aromatic heterocycles. The predicted molar refractivity (Wildman–Crippen MR) is 80.4 cm³/mol. The number of pyridine rings is 1. The molecule has 1 aliphatic rings. The third-order valence-electron chi connectivity index (χ3n) is 4.34. The number of hydrogen-bond donors (Lipinski definition) is 1. The van der Waals surface area contributed by atoms with Gasteiger partial charge < -0.3 is 5.32 Å². The van der Waals surface area contributed by atoms with Crippen LogP contribution in [0.1, 0.15) is 39.7 Å². The van der Waals surface area contributed by atoms with Gasteiger partial charge in [-0.3, -0.25) is 9.88 Å². The maximum absolute atomic E-state index is 6.24. The van der Waals surface area contributed by atoms with Crippen LogP contribution in [0.25, 0.3) is 0 Å². The number of rotatable bonds is 3. The molecule has 19 heavy (non-hydrogen) atoms. The fraction of sp³-hybridized carbons (Fsp3) is 0.667. The van der Waals surface area contributed by atoms with Gasteiger partial charge in [0, 0.05) is 43.1 Å². The molecule has 0 bridgehead atoms. The van der Waals surface area contributed by atoms with Crippen LogP contribution in [0.15, 0.2) is 18.5 Å². The summed E-state index contributed by atoms with van der Waals surface area (Å²) >= 11 is 6.24. The summed E-state index contributed by atoms with van der Waals surface area (Å²) in [7, 11) is 0. The Morgan fingerprint density at radius 2 is 2.16 bits per heavy atom. The SMILES string of the molecule is CCC1(C)CN(Cc2ccncc2Cl)C(C)(C)CN1. The molecule has 1 saturated heterocycles. The van der Waals surface area contributed by atoms with Crippen LogP contribution in [-0.2, 0) is 6.54 Å². The predicted octanol–water partition coefficient (Wildman–Crippen LogP) is 3.09. The topological polar surface area (TPSA) is 28.2 Å². The van der Waals surface area contributed by atoms with Crippen molar-refractivity contribution in [3.8, 4) is 0 Å². The zero-order valence-corrected chi connectivity index (χ0v) is 13.1. The van der Waals surface area contributed by atoms with Crippen LogP contribution < -0.4 is 5.32 Å². The van der Waals surface area contributed by atoms with Crippen LogP contribution in [0.4, 0.5) is 0 Å². The van der Waals surface area contributed by atoms with Gasteiger partial charge in [0.05, 0.1) is 5.02 Å². The van der Waals surface area contributed by atoms with Gasteiger partial charge in [0.2, 0.25) is 0 Å². The molecular formula is C15H24ClN3. The van der Waals surface area contributed by atoms with Crippen molar-refractivity contribution in [1.29, 1.82) is 0 Å². The Hall–Kier alpha value is -0.640. The Labute approximate surface area is 121 Å². The van der Waals surface area contributed by atoms with Crippen LogP contribution in [0.5, 0.6) is 0 Å². The summed E-state index contributed by atoms with van der Waals surface area (Å²) < 4.78 is 0. The summed E-state index contributed by atoms with van der Waals surface area (Å²) in [6.07, 6.45) is 4.67. The first-order valence-electron chi connectivity index (χ1n) is 6.95. The third-order valence-corrected chi connectivity index (χ3v) is 4.68. The molecule has 106 valence electrons. The summed E-state index contributed by atoms with van der Waals surface area (Å²) in [6.45, 7) is 12.0. The van der Waals surface area contributed by atoms with Crippen molar-refractivity contribution in [1.82, 2.24) is 15.2 Å². The van der Waals surface area contributed by atoms with E-state index in [-0.39, 0.29) is 11.1 Å². The quantitative estimate of drug-likeness (QED) is 0.923. The lowest BCUT2D eigenvalue weighted by Crippen LogP contribution is -2.66. The van der Waals surface area contributed by atoms with Gasteiger partial charge in [0.1, 0.15) is 0 Å². The maximum atomic E-state index is 6.24. The summed E-state index contributed by atoms with van der Waals surface area (Å²) in [5.74, 6) is 0. The molecule has 1 N–H and O–H groups in total. The van der Waals surface area contributed by atoms with E-state index in [1.807, 2.05) is 12.3 Å². The van der Waals surface area contributed by atoms with Crippen LogP contribution in [0.2, 0.25) is 5.02 Å². The van der Waals surface area contributed by atoms with E-state index < -0.39 is 0 Å². The molecule has 0 amide bonds. The smallest absolute Gasteiger partial charge is 0.0634 e. The molecule has 3 nitrogen and oxygen atoms in total. The monoisotopic (exact) mass is 281 g/mol. The highest BCUT2D eigenvalue weighted by molar-refractivity contribution is 6.31. The summed E-state index contributed by atoms with van der Waals surface area (Å²) in [5.41, 5.74) is 1.49. The summed E-state index contributed by atoms with van der Waals surface area (Å²) in [5, 5.41) is 4.44. The molecule has 0 aromatic carbocycles. The minimum Gasteiger partial charge on any atom is -0.308 e. The number of aromatic nitrogens is 1. The highest BCUT2D eigenvalue weighted by Crippen LogP contribution is 2.28. The minimum atomic E-state index is 0.140. The van der Waals surface area contributed by atoms with Crippen molar-refractivity contribution in [3.63, 3.8) is 0 Å². The molecule has 1 fully saturated rings. The average Bonchev–Trinajstić information content (AvgIpc) is 2.37. The molecule has 1 aromatic rings. The Balaban J connectivity index is 2.18. The van der Waals surface area contributed by atoms with E-state index in [4.69, 9.17) is 11.6 Å². The first-order valence-corrected chi connectivity index (χ1v) is 7.32. The standard InChI is InChI=1S/C15H24ClN3/c1-5-15(4)11-19(14(2,3)10-18-15)9-12-6-7-17-8-13(12)16/h6-8,18H,5,9-11H2,1-4H3. The molecule has 2 rings (SSSR count). The van der Waals surface area contributed by atoms with Crippen molar-refractivity contribution >= 4 is 11.6 Å². The summed E-state index contributed by atoms with van der Waals surface area (Å²) in [6, 6.07) is 2.02. The number of hydrogen-bond acceptors (Lipinski definition) is 3. The second kappa shape index (κ2) is 5.39. The molecule has 1 unspecified atom stereocenters. The van der Waals surface area contributed by atoms with Crippen LogP contribution >= 0.6 is 11.6 Å². The normalized spacial score (nSPS) is 27.4. The molecule has 0 aliphatic carbocycles. The molecule has 4 heteroatoms. The van der Waals surface area contributed by atoms with Crippen LogP contribution in [0.3, 0.4) is 0 Å². The largest absolute Gasteiger partial charge is 0.308 e. The van der Waals surface area contributed by atoms with Gasteiger partial charge >= 0.3 is 0 Å². The van der Waals surface area contributed by atoms with E-state index in [1.54, 1.807) is 6.20 Å². The molecule has 1 atom stereocenters. The fourth-order valence-electron chi connectivity index (χ4n) is 2.48. The fourth-order valence-corrected chi connectivity index (χ4v) is 2.66. The molecule has 0 radical (unpaired) electrons. The van der Waals surface area contributed by atoms with E-state index >= 15 is 0 Å². The van der Waals surface area contributed by atoms with Gasteiger partial charge in [-0.15, -0.1) is 0 Å². The summed E-state index contributed by atoms with van der Waals surface area (Å²) in [4.78, 5) is 6.58. The van der Waals surface area contributed by atoms with Crippen molar-refractivity contribution in [2.24, 2.45) is 0 Å².